The summed E-state index contributed by atoms with van der Waals surface area (Å²) in [5.41, 5.74) is 5.29. The van der Waals surface area contributed by atoms with E-state index in [1.807, 2.05) is 13.8 Å². The van der Waals surface area contributed by atoms with Gasteiger partial charge in [0.15, 0.2) is 5.11 Å². The first-order chi connectivity index (χ1) is 15.3. The lowest BCUT2D eigenvalue weighted by molar-refractivity contribution is -0.121. The van der Waals surface area contributed by atoms with Crippen LogP contribution in [0, 0.1) is 5.92 Å². The first-order valence-electron chi connectivity index (χ1n) is 9.96. The van der Waals surface area contributed by atoms with Crippen molar-refractivity contribution in [2.45, 2.75) is 26.7 Å². The van der Waals surface area contributed by atoms with E-state index >= 15 is 0 Å². The first-order valence-corrected chi connectivity index (χ1v) is 11.1. The van der Waals surface area contributed by atoms with Gasteiger partial charge in [0.25, 0.3) is 5.91 Å². The molecule has 3 N–H and O–H groups in total. The zero-order chi connectivity index (χ0) is 23.5. The average molecular weight is 498 g/mol. The monoisotopic (exact) mass is 497 g/mol. The minimum atomic E-state index is -0.440. The Labute approximate surface area is 202 Å². The van der Waals surface area contributed by atoms with Gasteiger partial charge in [-0.2, -0.15) is 0 Å². The highest BCUT2D eigenvalue weighted by Gasteiger charge is 2.14. The maximum Gasteiger partial charge on any atom is 0.261 e. The fourth-order valence-corrected chi connectivity index (χ4v) is 3.04. The van der Waals surface area contributed by atoms with Crippen LogP contribution in [0.5, 0.6) is 11.5 Å². The maximum absolute atomic E-state index is 12.5. The van der Waals surface area contributed by atoms with E-state index in [1.54, 1.807) is 42.5 Å². The fourth-order valence-electron chi connectivity index (χ4n) is 2.43. The smallest absolute Gasteiger partial charge is 0.261 e. The van der Waals surface area contributed by atoms with Crippen LogP contribution in [-0.4, -0.2) is 30.1 Å². The number of halogens is 2. The van der Waals surface area contributed by atoms with Gasteiger partial charge in [0, 0.05) is 11.4 Å². The van der Waals surface area contributed by atoms with E-state index < -0.39 is 5.91 Å². The SMILES string of the molecule is CC(C)COc1ccccc1C(=O)NC(=S)NNC(=O)CCCOc1ccc(Cl)cc1Cl. The molecule has 0 aliphatic heterocycles. The summed E-state index contributed by atoms with van der Waals surface area (Å²) in [4.78, 5) is 24.5. The minimum Gasteiger partial charge on any atom is -0.492 e. The van der Waals surface area contributed by atoms with Crippen LogP contribution in [0.1, 0.15) is 37.0 Å². The normalized spacial score (nSPS) is 10.4. The molecule has 172 valence electrons. The lowest BCUT2D eigenvalue weighted by atomic mass is 10.2. The Morgan fingerprint density at radius 1 is 1.03 bits per heavy atom. The summed E-state index contributed by atoms with van der Waals surface area (Å²) in [6, 6.07) is 11.8. The summed E-state index contributed by atoms with van der Waals surface area (Å²) in [6.07, 6.45) is 0.632. The number of amides is 2. The molecule has 0 bridgehead atoms. The second kappa shape index (κ2) is 13.1. The zero-order valence-corrected chi connectivity index (χ0v) is 20.1. The van der Waals surface area contributed by atoms with E-state index in [-0.39, 0.29) is 17.4 Å². The summed E-state index contributed by atoms with van der Waals surface area (Å²) in [5.74, 6) is 0.525. The number of ether oxygens (including phenoxy) is 2. The van der Waals surface area contributed by atoms with E-state index in [0.29, 0.717) is 52.7 Å². The second-order valence-electron chi connectivity index (χ2n) is 7.18. The third kappa shape index (κ3) is 8.90. The van der Waals surface area contributed by atoms with Gasteiger partial charge in [0.1, 0.15) is 11.5 Å². The van der Waals surface area contributed by atoms with Crippen LogP contribution >= 0.6 is 35.4 Å². The molecule has 2 rings (SSSR count). The molecule has 32 heavy (non-hydrogen) atoms. The van der Waals surface area contributed by atoms with Crippen LogP contribution in [0.15, 0.2) is 42.5 Å². The third-order valence-electron chi connectivity index (χ3n) is 3.95. The van der Waals surface area contributed by atoms with Crippen molar-refractivity contribution >= 4 is 52.3 Å². The van der Waals surface area contributed by atoms with Crippen molar-refractivity contribution in [3.8, 4) is 11.5 Å². The van der Waals surface area contributed by atoms with Crippen molar-refractivity contribution in [1.29, 1.82) is 0 Å². The molecular weight excluding hydrogens is 473 g/mol. The Bertz CT molecular complexity index is 957. The predicted molar refractivity (Wildman–Crippen MR) is 129 cm³/mol. The van der Waals surface area contributed by atoms with E-state index in [0.717, 1.165) is 0 Å². The summed E-state index contributed by atoms with van der Waals surface area (Å²) >= 11 is 16.9. The molecule has 2 aromatic carbocycles. The number of hydrazine groups is 1. The van der Waals surface area contributed by atoms with Crippen molar-refractivity contribution in [1.82, 2.24) is 16.2 Å². The predicted octanol–water partition coefficient (Wildman–Crippen LogP) is 4.52. The fraction of sp³-hybridized carbons (Fsp3) is 0.318. The molecule has 0 atom stereocenters. The Balaban J connectivity index is 1.71. The minimum absolute atomic E-state index is 0.0359. The molecule has 0 spiro atoms. The summed E-state index contributed by atoms with van der Waals surface area (Å²) in [5, 5.41) is 3.40. The van der Waals surface area contributed by atoms with Crippen molar-refractivity contribution in [2.24, 2.45) is 5.92 Å². The highest BCUT2D eigenvalue weighted by Crippen LogP contribution is 2.27. The molecule has 7 nitrogen and oxygen atoms in total. The Kier molecular flexibility index (Phi) is 10.5. The molecule has 0 fully saturated rings. The van der Waals surface area contributed by atoms with Gasteiger partial charge in [0.2, 0.25) is 5.91 Å². The lowest BCUT2D eigenvalue weighted by Crippen LogP contribution is -2.48. The van der Waals surface area contributed by atoms with Crippen molar-refractivity contribution in [2.75, 3.05) is 13.2 Å². The highest BCUT2D eigenvalue weighted by molar-refractivity contribution is 7.80. The van der Waals surface area contributed by atoms with E-state index in [9.17, 15) is 9.59 Å². The number of thiocarbonyl (C=S) groups is 1. The van der Waals surface area contributed by atoms with Gasteiger partial charge in [-0.1, -0.05) is 49.2 Å². The summed E-state index contributed by atoms with van der Waals surface area (Å²) < 4.78 is 11.2. The van der Waals surface area contributed by atoms with E-state index in [1.165, 1.54) is 0 Å². The van der Waals surface area contributed by atoms with Gasteiger partial charge in [0.05, 0.1) is 23.8 Å². The highest BCUT2D eigenvalue weighted by atomic mass is 35.5. The topological polar surface area (TPSA) is 88.7 Å². The largest absolute Gasteiger partial charge is 0.492 e. The van der Waals surface area contributed by atoms with Gasteiger partial charge in [-0.25, -0.2) is 0 Å². The molecule has 0 heterocycles. The number of carbonyl (C=O) groups is 2. The quantitative estimate of drug-likeness (QED) is 0.268. The van der Waals surface area contributed by atoms with Crippen LogP contribution < -0.4 is 25.6 Å². The molecule has 0 aromatic heterocycles. The molecule has 2 aromatic rings. The molecule has 0 aliphatic rings. The molecule has 2 amide bonds. The van der Waals surface area contributed by atoms with Crippen LogP contribution in [0.25, 0.3) is 0 Å². The average Bonchev–Trinajstić information content (AvgIpc) is 2.75. The number of rotatable bonds is 9. The van der Waals surface area contributed by atoms with Crippen LogP contribution in [-0.2, 0) is 4.79 Å². The molecule has 0 unspecified atom stereocenters. The van der Waals surface area contributed by atoms with Crippen LogP contribution in [0.4, 0.5) is 0 Å². The molecular formula is C22H25Cl2N3O4S. The van der Waals surface area contributed by atoms with E-state index in [4.69, 9.17) is 44.9 Å². The number of hydrogen-bond acceptors (Lipinski definition) is 5. The zero-order valence-electron chi connectivity index (χ0n) is 17.7. The maximum atomic E-state index is 12.5. The van der Waals surface area contributed by atoms with Gasteiger partial charge >= 0.3 is 0 Å². The molecule has 0 aliphatic carbocycles. The standard InChI is InChI=1S/C22H25Cl2N3O4S/c1-14(2)13-31-18-7-4-3-6-16(18)21(29)25-22(32)27-26-20(28)8-5-11-30-19-10-9-15(23)12-17(19)24/h3-4,6-7,9-10,12,14H,5,8,11,13H2,1-2H3,(H,26,28)(H2,25,27,29,32). The van der Waals surface area contributed by atoms with Crippen LogP contribution in [0.3, 0.4) is 0 Å². The van der Waals surface area contributed by atoms with Gasteiger partial charge in [-0.15, -0.1) is 0 Å². The Hall–Kier alpha value is -2.55. The number of nitrogens with one attached hydrogen (secondary N) is 3. The molecule has 0 radical (unpaired) electrons. The lowest BCUT2D eigenvalue weighted by Gasteiger charge is -2.14. The molecule has 0 saturated heterocycles. The Morgan fingerprint density at radius 2 is 1.78 bits per heavy atom. The number of para-hydroxylation sites is 1. The third-order valence-corrected chi connectivity index (χ3v) is 4.68. The number of hydrogen-bond donors (Lipinski definition) is 3. The van der Waals surface area contributed by atoms with Crippen molar-refractivity contribution in [3.63, 3.8) is 0 Å². The summed E-state index contributed by atoms with van der Waals surface area (Å²) in [7, 11) is 0. The number of carbonyl (C=O) groups excluding carboxylic acids is 2. The molecule has 10 heteroatoms. The Morgan fingerprint density at radius 3 is 2.50 bits per heavy atom. The first kappa shape index (κ1) is 25.7. The van der Waals surface area contributed by atoms with Gasteiger partial charge < -0.3 is 9.47 Å². The van der Waals surface area contributed by atoms with Gasteiger partial charge in [-0.05, 0) is 54.9 Å². The van der Waals surface area contributed by atoms with Crippen molar-refractivity contribution < 1.29 is 19.1 Å². The second-order valence-corrected chi connectivity index (χ2v) is 8.44. The van der Waals surface area contributed by atoms with Crippen LogP contribution in [0.2, 0.25) is 10.0 Å². The summed E-state index contributed by atoms with van der Waals surface area (Å²) in [6.45, 7) is 4.81. The van der Waals surface area contributed by atoms with Gasteiger partial charge in [-0.3, -0.25) is 25.8 Å². The molecule has 0 saturated carbocycles. The van der Waals surface area contributed by atoms with E-state index in [2.05, 4.69) is 16.2 Å². The number of benzene rings is 2. The van der Waals surface area contributed by atoms with Crippen molar-refractivity contribution in [3.05, 3.63) is 58.1 Å².